The zero-order valence-electron chi connectivity index (χ0n) is 16.2. The molecule has 0 aromatic carbocycles. The second-order valence-corrected chi connectivity index (χ2v) is 6.76. The Bertz CT molecular complexity index is 473. The van der Waals surface area contributed by atoms with Gasteiger partial charge in [-0.1, -0.05) is 0 Å². The van der Waals surface area contributed by atoms with Gasteiger partial charge in [0.25, 0.3) is 10.1 Å². The van der Waals surface area contributed by atoms with E-state index < -0.39 is 28.1 Å². The summed E-state index contributed by atoms with van der Waals surface area (Å²) in [6.45, 7) is 6.80. The Balaban J connectivity index is -0.000000146. The monoisotopic (exact) mass is 431 g/mol. The summed E-state index contributed by atoms with van der Waals surface area (Å²) in [6, 6.07) is -1.21. The number of nitrogens with one attached hydrogen (secondary N) is 1. The topological polar surface area (TPSA) is 196 Å². The SMILES string of the molecule is CCS(=O)(=O)O.NC(CCC(=O)[O-])C(=O)[O-].OCCN1CCNCC1.[Na+].[Na+]. The molecule has 11 nitrogen and oxygen atoms in total. The number of carboxylic acid groups (broad SMARTS) is 2. The molecule has 0 aromatic heterocycles. The molecule has 1 fully saturated rings. The van der Waals surface area contributed by atoms with E-state index >= 15 is 0 Å². The van der Waals surface area contributed by atoms with Crippen molar-refractivity contribution < 1.29 is 97.0 Å². The van der Waals surface area contributed by atoms with Crippen LogP contribution in [0.5, 0.6) is 0 Å². The van der Waals surface area contributed by atoms with Gasteiger partial charge < -0.3 is 36.0 Å². The molecule has 1 aliphatic heterocycles. The number of aliphatic hydroxyl groups excluding tert-OH is 1. The summed E-state index contributed by atoms with van der Waals surface area (Å²) in [6.07, 6.45) is -0.500. The number of hydrogen-bond donors (Lipinski definition) is 4. The molecule has 150 valence electrons. The minimum Gasteiger partial charge on any atom is -0.550 e. The Kier molecular flexibility index (Phi) is 27.9. The predicted molar refractivity (Wildman–Crippen MR) is 85.7 cm³/mol. The summed E-state index contributed by atoms with van der Waals surface area (Å²) in [4.78, 5) is 21.9. The standard InChI is InChI=1S/C6H14N2O.C5H9NO4.C2H6O3S.2Na/c9-6-5-8-3-1-7-2-4-8;6-3(5(9)10)1-2-4(7)8;1-2-6(3,4)5;;/h7,9H,1-6H2;3H,1-2,6H2,(H,7,8)(H,9,10);2H2,1H3,(H,3,4,5);;/q;;;2*+1/p-2. The molecular formula is C13H27N3Na2O8S. The first-order valence-electron chi connectivity index (χ1n) is 7.68. The van der Waals surface area contributed by atoms with Gasteiger partial charge in [-0.2, -0.15) is 8.42 Å². The Morgan fingerprint density at radius 1 is 1.22 bits per heavy atom. The number of aliphatic carboxylic acids is 2. The molecule has 0 aromatic rings. The van der Waals surface area contributed by atoms with E-state index in [2.05, 4.69) is 10.2 Å². The van der Waals surface area contributed by atoms with E-state index in [4.69, 9.17) is 15.4 Å². The van der Waals surface area contributed by atoms with Gasteiger partial charge in [-0.25, -0.2) is 0 Å². The third-order valence-electron chi connectivity index (χ3n) is 2.95. The van der Waals surface area contributed by atoms with Crippen LogP contribution >= 0.6 is 0 Å². The number of hydrogen-bond acceptors (Lipinski definition) is 10. The average Bonchev–Trinajstić information content (AvgIpc) is 2.54. The number of nitrogens with two attached hydrogens (primary N) is 1. The maximum absolute atomic E-state index is 9.86. The van der Waals surface area contributed by atoms with Gasteiger partial charge in [-0.15, -0.1) is 0 Å². The molecule has 0 saturated carbocycles. The third kappa shape index (κ3) is 29.0. The van der Waals surface area contributed by atoms with Gasteiger partial charge in [0.05, 0.1) is 18.3 Å². The molecule has 1 heterocycles. The molecular weight excluding hydrogens is 404 g/mol. The van der Waals surface area contributed by atoms with Gasteiger partial charge in [0.15, 0.2) is 0 Å². The van der Waals surface area contributed by atoms with Crippen LogP contribution in [0.3, 0.4) is 0 Å². The Morgan fingerprint density at radius 3 is 1.96 bits per heavy atom. The van der Waals surface area contributed by atoms with Crippen molar-refractivity contribution in [1.82, 2.24) is 10.2 Å². The van der Waals surface area contributed by atoms with Crippen molar-refractivity contribution in [2.45, 2.75) is 25.8 Å². The molecule has 5 N–H and O–H groups in total. The number of carbonyl (C=O) groups is 2. The van der Waals surface area contributed by atoms with Gasteiger partial charge in [0.1, 0.15) is 0 Å². The fourth-order valence-corrected chi connectivity index (χ4v) is 1.47. The summed E-state index contributed by atoms with van der Waals surface area (Å²) in [5, 5.41) is 31.4. The molecule has 1 unspecified atom stereocenters. The quantitative estimate of drug-likeness (QED) is 0.221. The molecule has 0 bridgehead atoms. The van der Waals surface area contributed by atoms with Crippen molar-refractivity contribution in [3.8, 4) is 0 Å². The molecule has 0 spiro atoms. The van der Waals surface area contributed by atoms with Crippen LogP contribution in [0.2, 0.25) is 0 Å². The summed E-state index contributed by atoms with van der Waals surface area (Å²) >= 11 is 0. The van der Waals surface area contributed by atoms with E-state index in [9.17, 15) is 28.2 Å². The Labute approximate surface area is 204 Å². The summed E-state index contributed by atoms with van der Waals surface area (Å²) in [5.41, 5.74) is 4.91. The van der Waals surface area contributed by atoms with Gasteiger partial charge >= 0.3 is 59.1 Å². The zero-order chi connectivity index (χ0) is 19.9. The predicted octanol–water partition coefficient (Wildman–Crippen LogP) is -10.6. The summed E-state index contributed by atoms with van der Waals surface area (Å²) < 4.78 is 26.9. The van der Waals surface area contributed by atoms with Crippen LogP contribution in [-0.4, -0.2) is 86.0 Å². The van der Waals surface area contributed by atoms with Crippen molar-refractivity contribution in [3.63, 3.8) is 0 Å². The minimum absolute atomic E-state index is 0. The number of carboxylic acids is 2. The Hall–Kier alpha value is 0.690. The minimum atomic E-state index is -3.66. The normalized spacial score (nSPS) is 14.7. The fraction of sp³-hybridized carbons (Fsp3) is 0.846. The van der Waals surface area contributed by atoms with Crippen LogP contribution in [0.15, 0.2) is 0 Å². The average molecular weight is 431 g/mol. The first-order chi connectivity index (χ1) is 11.5. The number of β-amino-alcohol motifs (C(OH)–C–C–N with tert-alkyl or cyclic N) is 1. The van der Waals surface area contributed by atoms with Gasteiger partial charge in [-0.05, 0) is 19.8 Å². The summed E-state index contributed by atoms with van der Waals surface area (Å²) in [7, 11) is -3.66. The van der Waals surface area contributed by atoms with Crippen LogP contribution < -0.4 is 80.4 Å². The van der Waals surface area contributed by atoms with Crippen LogP contribution in [-0.2, 0) is 19.7 Å². The van der Waals surface area contributed by atoms with Crippen LogP contribution in [0.1, 0.15) is 19.8 Å². The van der Waals surface area contributed by atoms with Crippen molar-refractivity contribution in [1.29, 1.82) is 0 Å². The first-order valence-corrected chi connectivity index (χ1v) is 9.29. The molecule has 0 radical (unpaired) electrons. The number of carbonyl (C=O) groups excluding carboxylic acids is 2. The summed E-state index contributed by atoms with van der Waals surface area (Å²) in [5.74, 6) is -2.95. The number of nitrogens with zero attached hydrogens (tertiary/aromatic N) is 1. The van der Waals surface area contributed by atoms with E-state index in [1.165, 1.54) is 6.92 Å². The molecule has 1 aliphatic rings. The van der Waals surface area contributed by atoms with E-state index in [0.717, 1.165) is 32.7 Å². The molecule has 27 heavy (non-hydrogen) atoms. The second kappa shape index (κ2) is 21.4. The molecule has 1 atom stereocenters. The van der Waals surface area contributed by atoms with Gasteiger partial charge in [-0.3, -0.25) is 9.45 Å². The number of rotatable bonds is 7. The van der Waals surface area contributed by atoms with Crippen LogP contribution in [0.25, 0.3) is 0 Å². The van der Waals surface area contributed by atoms with Crippen LogP contribution in [0, 0.1) is 0 Å². The third-order valence-corrected chi connectivity index (χ3v) is 3.68. The maximum Gasteiger partial charge on any atom is 1.00 e. The second-order valence-electron chi connectivity index (χ2n) is 5.02. The van der Waals surface area contributed by atoms with Crippen molar-refractivity contribution in [2.75, 3.05) is 45.1 Å². The van der Waals surface area contributed by atoms with Gasteiger partial charge in [0.2, 0.25) is 0 Å². The maximum atomic E-state index is 9.86. The molecule has 1 rings (SSSR count). The molecule has 1 saturated heterocycles. The first kappa shape index (κ1) is 35.1. The number of piperazine rings is 1. The van der Waals surface area contributed by atoms with E-state index in [1.54, 1.807) is 0 Å². The zero-order valence-corrected chi connectivity index (χ0v) is 21.0. The Morgan fingerprint density at radius 2 is 1.67 bits per heavy atom. The molecule has 14 heteroatoms. The van der Waals surface area contributed by atoms with Gasteiger partial charge in [0, 0.05) is 44.7 Å². The smallest absolute Gasteiger partial charge is 0.550 e. The fourth-order valence-electron chi connectivity index (χ4n) is 1.47. The van der Waals surface area contributed by atoms with Crippen molar-refractivity contribution in [2.24, 2.45) is 5.73 Å². The van der Waals surface area contributed by atoms with Crippen molar-refractivity contribution >= 4 is 22.1 Å². The molecule has 0 aliphatic carbocycles. The largest absolute Gasteiger partial charge is 1.00 e. The van der Waals surface area contributed by atoms with E-state index in [1.807, 2.05) is 0 Å². The van der Waals surface area contributed by atoms with E-state index in [0.29, 0.717) is 6.61 Å². The van der Waals surface area contributed by atoms with E-state index in [-0.39, 0.29) is 77.7 Å². The molecule has 0 amide bonds. The number of aliphatic hydroxyl groups is 1. The van der Waals surface area contributed by atoms with Crippen molar-refractivity contribution in [3.05, 3.63) is 0 Å². The van der Waals surface area contributed by atoms with Crippen LogP contribution in [0.4, 0.5) is 0 Å².